The first-order chi connectivity index (χ1) is 12.4. The maximum Gasteiger partial charge on any atom is 0.338 e. The summed E-state index contributed by atoms with van der Waals surface area (Å²) in [6.07, 6.45) is -1.64. The Bertz CT molecular complexity index is 607. The zero-order valence-electron chi connectivity index (χ0n) is 15.5. The van der Waals surface area contributed by atoms with Gasteiger partial charge in [-0.15, -0.1) is 11.8 Å². The number of methoxy groups -OCH3 is 1. The molecule has 0 bridgehead atoms. The summed E-state index contributed by atoms with van der Waals surface area (Å²) in [5.41, 5.74) is 0.158. The Morgan fingerprint density at radius 1 is 1.27 bits per heavy atom. The lowest BCUT2D eigenvalue weighted by atomic mass is 9.98. The summed E-state index contributed by atoms with van der Waals surface area (Å²) >= 11 is 1.58. The Morgan fingerprint density at radius 2 is 2.00 bits per heavy atom. The Balaban J connectivity index is 1.82. The molecule has 0 aliphatic carbocycles. The smallest absolute Gasteiger partial charge is 0.338 e. The van der Waals surface area contributed by atoms with Crippen molar-refractivity contribution in [2.75, 3.05) is 19.5 Å². The Hall–Kier alpha value is -1.12. The summed E-state index contributed by atoms with van der Waals surface area (Å²) in [4.78, 5) is 12.6. The first-order valence-corrected chi connectivity index (χ1v) is 9.87. The standard InChI is InChI=1S/C19H26O6S/c1-5-26-18-16(24-17(20)12-9-7-6-8-10-12)15(21-4)14-13(23-18)11-22-19(2,3)25-14/h6-10,13-16,18H,5,11H2,1-4H3/t13?,14-,15-,16?,18+/m1/s1. The zero-order valence-corrected chi connectivity index (χ0v) is 16.4. The number of carbonyl (C=O) groups excluding carboxylic acids is 1. The molecule has 0 radical (unpaired) electrons. The monoisotopic (exact) mass is 382 g/mol. The number of hydrogen-bond donors (Lipinski definition) is 0. The number of thioether (sulfide) groups is 1. The van der Waals surface area contributed by atoms with Crippen molar-refractivity contribution < 1.29 is 28.5 Å². The molecule has 6 nitrogen and oxygen atoms in total. The number of fused-ring (bicyclic) bond motifs is 1. The van der Waals surface area contributed by atoms with Gasteiger partial charge in [-0.2, -0.15) is 0 Å². The summed E-state index contributed by atoms with van der Waals surface area (Å²) in [5, 5.41) is 0. The molecule has 0 N–H and O–H groups in total. The fourth-order valence-electron chi connectivity index (χ4n) is 3.26. The third-order valence-electron chi connectivity index (χ3n) is 4.46. The van der Waals surface area contributed by atoms with Gasteiger partial charge >= 0.3 is 5.97 Å². The average molecular weight is 382 g/mol. The molecule has 0 amide bonds. The summed E-state index contributed by atoms with van der Waals surface area (Å²) in [6, 6.07) is 8.93. The zero-order chi connectivity index (χ0) is 18.7. The summed E-state index contributed by atoms with van der Waals surface area (Å²) in [5.74, 6) is -0.307. The SMILES string of the molecule is CCS[C@@H]1OC2COC(C)(C)O[C@H]2[C@@H](OC)C1OC(=O)c1ccccc1. The highest BCUT2D eigenvalue weighted by molar-refractivity contribution is 7.99. The molecule has 2 saturated heterocycles. The number of benzene rings is 1. The van der Waals surface area contributed by atoms with Crippen LogP contribution in [-0.2, 0) is 23.7 Å². The fraction of sp³-hybridized carbons (Fsp3) is 0.632. The predicted octanol–water partition coefficient (Wildman–Crippen LogP) is 2.86. The van der Waals surface area contributed by atoms with Crippen molar-refractivity contribution in [2.24, 2.45) is 0 Å². The molecule has 0 aromatic heterocycles. The lowest BCUT2D eigenvalue weighted by molar-refractivity contribution is -0.351. The van der Waals surface area contributed by atoms with Crippen molar-refractivity contribution in [3.05, 3.63) is 35.9 Å². The Morgan fingerprint density at radius 3 is 2.65 bits per heavy atom. The van der Waals surface area contributed by atoms with E-state index in [1.54, 1.807) is 43.1 Å². The summed E-state index contributed by atoms with van der Waals surface area (Å²) < 4.78 is 29.5. The van der Waals surface area contributed by atoms with Gasteiger partial charge in [-0.3, -0.25) is 0 Å². The van der Waals surface area contributed by atoms with Gasteiger partial charge in [0, 0.05) is 7.11 Å². The van der Waals surface area contributed by atoms with Crippen molar-refractivity contribution >= 4 is 17.7 Å². The molecule has 2 unspecified atom stereocenters. The Labute approximate surface area is 158 Å². The predicted molar refractivity (Wildman–Crippen MR) is 98.1 cm³/mol. The van der Waals surface area contributed by atoms with Gasteiger partial charge in [0.15, 0.2) is 11.9 Å². The van der Waals surface area contributed by atoms with E-state index in [2.05, 4.69) is 0 Å². The lowest BCUT2D eigenvalue weighted by Gasteiger charge is -2.50. The van der Waals surface area contributed by atoms with Gasteiger partial charge in [0.1, 0.15) is 23.7 Å². The van der Waals surface area contributed by atoms with Gasteiger partial charge in [-0.25, -0.2) is 4.79 Å². The third kappa shape index (κ3) is 4.23. The molecular formula is C19H26O6S. The quantitative estimate of drug-likeness (QED) is 0.726. The van der Waals surface area contributed by atoms with Crippen LogP contribution in [-0.4, -0.2) is 61.1 Å². The van der Waals surface area contributed by atoms with E-state index in [1.165, 1.54) is 0 Å². The summed E-state index contributed by atoms with van der Waals surface area (Å²) in [6.45, 7) is 6.16. The van der Waals surface area contributed by atoms with E-state index in [1.807, 2.05) is 26.8 Å². The maximum absolute atomic E-state index is 12.6. The molecule has 1 aromatic carbocycles. The minimum atomic E-state index is -0.736. The number of hydrogen-bond acceptors (Lipinski definition) is 7. The van der Waals surface area contributed by atoms with Crippen LogP contribution in [0.4, 0.5) is 0 Å². The number of esters is 1. The van der Waals surface area contributed by atoms with Crippen LogP contribution in [0.15, 0.2) is 30.3 Å². The first-order valence-electron chi connectivity index (χ1n) is 8.83. The molecule has 5 atom stereocenters. The molecule has 26 heavy (non-hydrogen) atoms. The summed E-state index contributed by atoms with van der Waals surface area (Å²) in [7, 11) is 1.61. The van der Waals surface area contributed by atoms with Crippen LogP contribution in [0.5, 0.6) is 0 Å². The highest BCUT2D eigenvalue weighted by Crippen LogP contribution is 2.38. The molecule has 2 aliphatic heterocycles. The number of ether oxygens (including phenoxy) is 5. The van der Waals surface area contributed by atoms with Crippen molar-refractivity contribution in [3.8, 4) is 0 Å². The van der Waals surface area contributed by atoms with Gasteiger partial charge in [0.05, 0.1) is 12.2 Å². The van der Waals surface area contributed by atoms with E-state index < -0.39 is 24.0 Å². The first kappa shape index (κ1) is 19.6. The highest BCUT2D eigenvalue weighted by atomic mass is 32.2. The second kappa shape index (κ2) is 8.27. The van der Waals surface area contributed by atoms with E-state index in [9.17, 15) is 4.79 Å². The largest absolute Gasteiger partial charge is 0.452 e. The van der Waals surface area contributed by atoms with Crippen molar-refractivity contribution in [2.45, 2.75) is 56.4 Å². The van der Waals surface area contributed by atoms with Crippen LogP contribution < -0.4 is 0 Å². The van der Waals surface area contributed by atoms with E-state index in [-0.39, 0.29) is 17.6 Å². The van der Waals surface area contributed by atoms with E-state index in [0.717, 1.165) is 5.75 Å². The molecule has 2 heterocycles. The van der Waals surface area contributed by atoms with Crippen LogP contribution in [0, 0.1) is 0 Å². The van der Waals surface area contributed by atoms with Gasteiger partial charge in [-0.1, -0.05) is 25.1 Å². The molecule has 2 fully saturated rings. The molecular weight excluding hydrogens is 356 g/mol. The van der Waals surface area contributed by atoms with Crippen LogP contribution >= 0.6 is 11.8 Å². The molecule has 144 valence electrons. The van der Waals surface area contributed by atoms with Crippen molar-refractivity contribution in [3.63, 3.8) is 0 Å². The normalized spacial score (nSPS) is 33.3. The van der Waals surface area contributed by atoms with Crippen molar-refractivity contribution in [1.82, 2.24) is 0 Å². The second-order valence-electron chi connectivity index (χ2n) is 6.73. The molecule has 0 saturated carbocycles. The molecule has 1 aromatic rings. The fourth-order valence-corrected chi connectivity index (χ4v) is 4.21. The minimum Gasteiger partial charge on any atom is -0.452 e. The van der Waals surface area contributed by atoms with Crippen molar-refractivity contribution in [1.29, 1.82) is 0 Å². The van der Waals surface area contributed by atoms with Gasteiger partial charge in [-0.05, 0) is 31.7 Å². The van der Waals surface area contributed by atoms with Crippen LogP contribution in [0.25, 0.3) is 0 Å². The average Bonchev–Trinajstić information content (AvgIpc) is 2.63. The molecule has 3 rings (SSSR count). The molecule has 0 spiro atoms. The highest BCUT2D eigenvalue weighted by Gasteiger charge is 2.53. The van der Waals surface area contributed by atoms with E-state index in [4.69, 9.17) is 23.7 Å². The van der Waals surface area contributed by atoms with Gasteiger partial charge < -0.3 is 23.7 Å². The van der Waals surface area contributed by atoms with Gasteiger partial charge in [0.2, 0.25) is 0 Å². The minimum absolute atomic E-state index is 0.260. The maximum atomic E-state index is 12.6. The third-order valence-corrected chi connectivity index (χ3v) is 5.50. The topological polar surface area (TPSA) is 63.2 Å². The molecule has 7 heteroatoms. The van der Waals surface area contributed by atoms with Crippen LogP contribution in [0.2, 0.25) is 0 Å². The lowest BCUT2D eigenvalue weighted by Crippen LogP contribution is -2.65. The van der Waals surface area contributed by atoms with Gasteiger partial charge in [0.25, 0.3) is 0 Å². The molecule has 2 aliphatic rings. The van der Waals surface area contributed by atoms with Crippen LogP contribution in [0.3, 0.4) is 0 Å². The Kier molecular flexibility index (Phi) is 6.25. The van der Waals surface area contributed by atoms with E-state index >= 15 is 0 Å². The van der Waals surface area contributed by atoms with Crippen LogP contribution in [0.1, 0.15) is 31.1 Å². The second-order valence-corrected chi connectivity index (χ2v) is 8.10. The van der Waals surface area contributed by atoms with E-state index in [0.29, 0.717) is 12.2 Å². The number of rotatable bonds is 5. The number of carbonyl (C=O) groups is 1.